The summed E-state index contributed by atoms with van der Waals surface area (Å²) in [5.74, 6) is -1.33. The zero-order valence-electron chi connectivity index (χ0n) is 14.9. The summed E-state index contributed by atoms with van der Waals surface area (Å²) in [6, 6.07) is 12.6. The molecule has 27 heavy (non-hydrogen) atoms. The molecule has 2 aliphatic heterocycles. The summed E-state index contributed by atoms with van der Waals surface area (Å²) in [5, 5.41) is 29.8. The third-order valence-corrected chi connectivity index (χ3v) is 6.43. The molecular weight excluding hydrogens is 341 g/mol. The molecule has 0 saturated carbocycles. The van der Waals surface area contributed by atoms with E-state index in [-0.39, 0.29) is 29.3 Å². The topological polar surface area (TPSA) is 101 Å². The number of likely N-dealkylation sites (N-methyl/N-ethyl adjacent to an activating group) is 1. The monoisotopic (exact) mass is 359 g/mol. The number of nitrogens with zero attached hydrogens (tertiary/aromatic N) is 4. The van der Waals surface area contributed by atoms with Crippen LogP contribution in [0, 0.1) is 51.1 Å². The van der Waals surface area contributed by atoms with E-state index in [2.05, 4.69) is 23.1 Å². The lowest BCUT2D eigenvalue weighted by Crippen LogP contribution is -2.51. The van der Waals surface area contributed by atoms with Crippen molar-refractivity contribution in [2.75, 3.05) is 7.05 Å². The molecule has 1 fully saturated rings. The standard InChI is InChI=1S/C21H18FN5/c1-27-14-5-6-17(27)18-15(8-14)16(9-23)20(26)21(10-24,11-25)19(18)12-3-2-4-13(22)7-12/h2-4,7-8,14,17-19H,5-6,26H2,1H3/t14-,17-,18-,19+/m1/s1. The maximum Gasteiger partial charge on any atom is 0.191 e. The molecule has 2 N–H and O–H groups in total. The normalized spacial score (nSPS) is 31.3. The lowest BCUT2D eigenvalue weighted by molar-refractivity contribution is 0.160. The molecule has 1 saturated heterocycles. The Labute approximate surface area is 157 Å². The van der Waals surface area contributed by atoms with Gasteiger partial charge in [-0.05, 0) is 43.2 Å². The van der Waals surface area contributed by atoms with Crippen LogP contribution in [0.3, 0.4) is 0 Å². The molecule has 0 aromatic heterocycles. The molecule has 4 atom stereocenters. The number of nitriles is 3. The van der Waals surface area contributed by atoms with Crippen molar-refractivity contribution < 1.29 is 4.39 Å². The zero-order valence-corrected chi connectivity index (χ0v) is 14.9. The fourth-order valence-electron chi connectivity index (χ4n) is 5.16. The van der Waals surface area contributed by atoms with Crippen LogP contribution in [-0.4, -0.2) is 24.0 Å². The minimum absolute atomic E-state index is 0.0179. The summed E-state index contributed by atoms with van der Waals surface area (Å²) in [6.45, 7) is 0. The lowest BCUT2D eigenvalue weighted by Gasteiger charge is -2.48. The van der Waals surface area contributed by atoms with Gasteiger partial charge in [-0.2, -0.15) is 15.8 Å². The molecule has 4 rings (SSSR count). The summed E-state index contributed by atoms with van der Waals surface area (Å²) in [4.78, 5) is 2.23. The van der Waals surface area contributed by atoms with Crippen LogP contribution in [0.15, 0.2) is 47.2 Å². The second-order valence-corrected chi connectivity index (χ2v) is 7.49. The van der Waals surface area contributed by atoms with Gasteiger partial charge in [0.1, 0.15) is 11.9 Å². The molecule has 1 aromatic rings. The van der Waals surface area contributed by atoms with Crippen LogP contribution in [0.2, 0.25) is 0 Å². The first-order chi connectivity index (χ1) is 13.0. The van der Waals surface area contributed by atoms with E-state index >= 15 is 0 Å². The molecule has 0 unspecified atom stereocenters. The fourth-order valence-corrected chi connectivity index (χ4v) is 5.16. The van der Waals surface area contributed by atoms with Crippen LogP contribution in [0.4, 0.5) is 4.39 Å². The van der Waals surface area contributed by atoms with Gasteiger partial charge in [0.25, 0.3) is 0 Å². The Morgan fingerprint density at radius 1 is 1.22 bits per heavy atom. The highest BCUT2D eigenvalue weighted by Crippen LogP contribution is 2.58. The molecule has 2 bridgehead atoms. The van der Waals surface area contributed by atoms with Gasteiger partial charge in [-0.15, -0.1) is 0 Å². The molecule has 6 heteroatoms. The average molecular weight is 359 g/mol. The molecule has 0 amide bonds. The maximum absolute atomic E-state index is 14.0. The fraction of sp³-hybridized carbons (Fsp3) is 0.381. The Morgan fingerprint density at radius 3 is 2.59 bits per heavy atom. The Balaban J connectivity index is 2.06. The summed E-state index contributed by atoms with van der Waals surface area (Å²) >= 11 is 0. The molecule has 1 aliphatic carbocycles. The average Bonchev–Trinajstić information content (AvgIpc) is 2.90. The van der Waals surface area contributed by atoms with E-state index in [4.69, 9.17) is 5.73 Å². The van der Waals surface area contributed by atoms with Crippen molar-refractivity contribution in [2.45, 2.75) is 30.8 Å². The number of halogens is 1. The van der Waals surface area contributed by atoms with Gasteiger partial charge in [0, 0.05) is 23.9 Å². The lowest BCUT2D eigenvalue weighted by atomic mass is 9.56. The quantitative estimate of drug-likeness (QED) is 0.831. The van der Waals surface area contributed by atoms with Gasteiger partial charge >= 0.3 is 0 Å². The number of hydrogen-bond donors (Lipinski definition) is 1. The highest BCUT2D eigenvalue weighted by molar-refractivity contribution is 5.60. The van der Waals surface area contributed by atoms with E-state index in [1.54, 1.807) is 12.1 Å². The van der Waals surface area contributed by atoms with E-state index in [9.17, 15) is 20.2 Å². The molecule has 1 aromatic carbocycles. The van der Waals surface area contributed by atoms with Gasteiger partial charge in [-0.1, -0.05) is 18.2 Å². The smallest absolute Gasteiger partial charge is 0.191 e. The molecule has 0 radical (unpaired) electrons. The molecular formula is C21H18FN5. The van der Waals surface area contributed by atoms with Gasteiger partial charge in [0.15, 0.2) is 5.41 Å². The van der Waals surface area contributed by atoms with E-state index in [0.717, 1.165) is 18.4 Å². The SMILES string of the molecule is CN1[C@@H]2CC[C@@H]1C=C1C(C#N)=C(N)C(C#N)(C#N)[C@@H](c3cccc(F)c3)[C@H]12. The maximum atomic E-state index is 14.0. The second kappa shape index (κ2) is 5.95. The van der Waals surface area contributed by atoms with Crippen molar-refractivity contribution in [3.8, 4) is 18.2 Å². The van der Waals surface area contributed by atoms with Crippen LogP contribution < -0.4 is 5.73 Å². The van der Waals surface area contributed by atoms with Gasteiger partial charge in [-0.3, -0.25) is 4.90 Å². The largest absolute Gasteiger partial charge is 0.399 e. The first kappa shape index (κ1) is 17.3. The van der Waals surface area contributed by atoms with Crippen molar-refractivity contribution in [3.63, 3.8) is 0 Å². The molecule has 5 nitrogen and oxygen atoms in total. The third kappa shape index (κ3) is 2.16. The Hall–Kier alpha value is -3.14. The van der Waals surface area contributed by atoms with Crippen LogP contribution in [0.25, 0.3) is 0 Å². The van der Waals surface area contributed by atoms with Gasteiger partial charge in [0.2, 0.25) is 0 Å². The summed E-state index contributed by atoms with van der Waals surface area (Å²) in [6.07, 6.45) is 3.88. The number of hydrogen-bond acceptors (Lipinski definition) is 5. The van der Waals surface area contributed by atoms with E-state index in [0.29, 0.717) is 5.56 Å². The molecule has 3 aliphatic rings. The highest BCUT2D eigenvalue weighted by Gasteiger charge is 2.58. The molecule has 0 spiro atoms. The van der Waals surface area contributed by atoms with Gasteiger partial charge in [-0.25, -0.2) is 4.39 Å². The van der Waals surface area contributed by atoms with Crippen LogP contribution in [0.1, 0.15) is 24.3 Å². The number of benzene rings is 1. The van der Waals surface area contributed by atoms with Crippen molar-refractivity contribution in [2.24, 2.45) is 17.1 Å². The van der Waals surface area contributed by atoms with Gasteiger partial charge in [0.05, 0.1) is 23.4 Å². The predicted octanol–water partition coefficient (Wildman–Crippen LogP) is 2.71. The summed E-state index contributed by atoms with van der Waals surface area (Å²) < 4.78 is 14.0. The Morgan fingerprint density at radius 2 is 1.96 bits per heavy atom. The first-order valence-corrected chi connectivity index (χ1v) is 8.90. The summed E-state index contributed by atoms with van der Waals surface area (Å²) in [5.41, 5.74) is 6.14. The zero-order chi connectivity index (χ0) is 19.3. The molecule has 2 heterocycles. The van der Waals surface area contributed by atoms with Crippen molar-refractivity contribution in [1.82, 2.24) is 4.90 Å². The van der Waals surface area contributed by atoms with Crippen LogP contribution in [0.5, 0.6) is 0 Å². The highest BCUT2D eigenvalue weighted by atomic mass is 19.1. The van der Waals surface area contributed by atoms with Gasteiger partial charge < -0.3 is 5.73 Å². The number of nitrogens with two attached hydrogens (primary N) is 1. The van der Waals surface area contributed by atoms with E-state index < -0.39 is 17.2 Å². The third-order valence-electron chi connectivity index (χ3n) is 6.43. The predicted molar refractivity (Wildman–Crippen MR) is 95.8 cm³/mol. The van der Waals surface area contributed by atoms with Crippen molar-refractivity contribution >= 4 is 0 Å². The van der Waals surface area contributed by atoms with E-state index in [1.807, 2.05) is 13.1 Å². The van der Waals surface area contributed by atoms with Crippen molar-refractivity contribution in [3.05, 3.63) is 58.6 Å². The summed E-state index contributed by atoms with van der Waals surface area (Å²) in [7, 11) is 2.02. The number of allylic oxidation sites excluding steroid dienone is 2. The van der Waals surface area contributed by atoms with E-state index in [1.165, 1.54) is 12.1 Å². The minimum Gasteiger partial charge on any atom is -0.399 e. The Bertz CT molecular complexity index is 989. The second-order valence-electron chi connectivity index (χ2n) is 7.49. The Kier molecular flexibility index (Phi) is 3.81. The van der Waals surface area contributed by atoms with Crippen molar-refractivity contribution in [1.29, 1.82) is 15.8 Å². The number of rotatable bonds is 1. The van der Waals surface area contributed by atoms with Crippen LogP contribution in [-0.2, 0) is 0 Å². The van der Waals surface area contributed by atoms with Crippen LogP contribution >= 0.6 is 0 Å². The minimum atomic E-state index is -1.71. The number of fused-ring (bicyclic) bond motifs is 4. The first-order valence-electron chi connectivity index (χ1n) is 8.90. The molecule has 134 valence electrons.